The van der Waals surface area contributed by atoms with Crippen molar-refractivity contribution >= 4 is 6.01 Å². The van der Waals surface area contributed by atoms with Gasteiger partial charge in [0, 0.05) is 13.1 Å². The Labute approximate surface area is 84.3 Å². The van der Waals surface area contributed by atoms with Crippen molar-refractivity contribution in [3.05, 3.63) is 5.89 Å². The zero-order chi connectivity index (χ0) is 10.7. The van der Waals surface area contributed by atoms with E-state index < -0.39 is 0 Å². The molecule has 0 saturated heterocycles. The van der Waals surface area contributed by atoms with Gasteiger partial charge in [-0.1, -0.05) is 18.9 Å². The van der Waals surface area contributed by atoms with Crippen molar-refractivity contribution in [2.24, 2.45) is 11.7 Å². The van der Waals surface area contributed by atoms with Crippen LogP contribution in [-0.4, -0.2) is 23.3 Å². The molecule has 14 heavy (non-hydrogen) atoms. The SMILES string of the molecule is CC(C)C(C)N(C)c1nnc(CN)o1. The fourth-order valence-electron chi connectivity index (χ4n) is 1.09. The van der Waals surface area contributed by atoms with Crippen molar-refractivity contribution in [3.8, 4) is 0 Å². The Morgan fingerprint density at radius 1 is 1.36 bits per heavy atom. The minimum atomic E-state index is 0.289. The summed E-state index contributed by atoms with van der Waals surface area (Å²) in [6.07, 6.45) is 0. The normalized spacial score (nSPS) is 13.3. The summed E-state index contributed by atoms with van der Waals surface area (Å²) in [5, 5.41) is 7.73. The molecule has 0 spiro atoms. The Balaban J connectivity index is 2.73. The molecule has 1 aromatic rings. The summed E-state index contributed by atoms with van der Waals surface area (Å²) in [6, 6.07) is 0.896. The van der Waals surface area contributed by atoms with Gasteiger partial charge in [-0.05, 0) is 12.8 Å². The van der Waals surface area contributed by atoms with Gasteiger partial charge in [0.25, 0.3) is 0 Å². The molecule has 1 heterocycles. The van der Waals surface area contributed by atoms with E-state index in [9.17, 15) is 0 Å². The van der Waals surface area contributed by atoms with E-state index in [-0.39, 0.29) is 6.54 Å². The van der Waals surface area contributed by atoms with E-state index in [4.69, 9.17) is 10.2 Å². The summed E-state index contributed by atoms with van der Waals surface area (Å²) in [5.41, 5.74) is 5.38. The second kappa shape index (κ2) is 4.41. The predicted octanol–water partition coefficient (Wildman–Crippen LogP) is 1.01. The Morgan fingerprint density at radius 3 is 2.43 bits per heavy atom. The van der Waals surface area contributed by atoms with E-state index >= 15 is 0 Å². The highest BCUT2D eigenvalue weighted by Crippen LogP contribution is 2.17. The summed E-state index contributed by atoms with van der Waals surface area (Å²) in [6.45, 7) is 6.72. The van der Waals surface area contributed by atoms with Crippen molar-refractivity contribution in [2.75, 3.05) is 11.9 Å². The average molecular weight is 198 g/mol. The molecule has 5 heteroatoms. The topological polar surface area (TPSA) is 68.2 Å². The molecular weight excluding hydrogens is 180 g/mol. The predicted molar refractivity (Wildman–Crippen MR) is 54.9 cm³/mol. The quantitative estimate of drug-likeness (QED) is 0.782. The zero-order valence-corrected chi connectivity index (χ0v) is 9.19. The maximum Gasteiger partial charge on any atom is 0.318 e. The number of anilines is 1. The van der Waals surface area contributed by atoms with E-state index in [0.717, 1.165) is 0 Å². The molecule has 1 atom stereocenters. The van der Waals surface area contributed by atoms with E-state index in [1.807, 2.05) is 11.9 Å². The van der Waals surface area contributed by atoms with Crippen LogP contribution in [-0.2, 0) is 6.54 Å². The molecule has 0 aliphatic heterocycles. The van der Waals surface area contributed by atoms with Crippen LogP contribution in [0.3, 0.4) is 0 Å². The third kappa shape index (κ3) is 2.23. The van der Waals surface area contributed by atoms with Gasteiger partial charge in [-0.25, -0.2) is 0 Å². The van der Waals surface area contributed by atoms with Gasteiger partial charge >= 0.3 is 6.01 Å². The molecule has 1 unspecified atom stereocenters. The van der Waals surface area contributed by atoms with Crippen LogP contribution in [0.4, 0.5) is 6.01 Å². The van der Waals surface area contributed by atoms with E-state index in [1.54, 1.807) is 0 Å². The standard InChI is InChI=1S/C9H18N4O/c1-6(2)7(3)13(4)9-12-11-8(5-10)14-9/h6-7H,5,10H2,1-4H3. The summed E-state index contributed by atoms with van der Waals surface area (Å²) < 4.78 is 5.34. The Hall–Kier alpha value is -1.10. The first-order valence-corrected chi connectivity index (χ1v) is 4.81. The molecule has 0 bridgehead atoms. The molecule has 0 saturated carbocycles. The van der Waals surface area contributed by atoms with Crippen molar-refractivity contribution in [1.82, 2.24) is 10.2 Å². The summed E-state index contributed by atoms with van der Waals surface area (Å²) in [4.78, 5) is 1.97. The maximum absolute atomic E-state index is 5.38. The highest BCUT2D eigenvalue weighted by molar-refractivity contribution is 5.24. The lowest BCUT2D eigenvalue weighted by Crippen LogP contribution is -2.33. The van der Waals surface area contributed by atoms with Gasteiger partial charge < -0.3 is 15.1 Å². The van der Waals surface area contributed by atoms with Crippen LogP contribution in [0.1, 0.15) is 26.7 Å². The fraction of sp³-hybridized carbons (Fsp3) is 0.778. The minimum absolute atomic E-state index is 0.289. The van der Waals surface area contributed by atoms with Crippen LogP contribution < -0.4 is 10.6 Å². The van der Waals surface area contributed by atoms with Crippen molar-refractivity contribution in [1.29, 1.82) is 0 Å². The molecule has 0 aliphatic rings. The van der Waals surface area contributed by atoms with Crippen molar-refractivity contribution < 1.29 is 4.42 Å². The van der Waals surface area contributed by atoms with Crippen LogP contribution in [0, 0.1) is 5.92 Å². The summed E-state index contributed by atoms with van der Waals surface area (Å²) in [7, 11) is 1.94. The Morgan fingerprint density at radius 2 is 2.00 bits per heavy atom. The molecule has 2 N–H and O–H groups in total. The molecule has 0 amide bonds. The molecular formula is C9H18N4O. The molecule has 1 rings (SSSR count). The lowest BCUT2D eigenvalue weighted by atomic mass is 10.1. The summed E-state index contributed by atoms with van der Waals surface area (Å²) in [5.74, 6) is 1.01. The largest absolute Gasteiger partial charge is 0.407 e. The first kappa shape index (κ1) is 11.0. The van der Waals surface area contributed by atoms with Crippen molar-refractivity contribution in [2.45, 2.75) is 33.4 Å². The van der Waals surface area contributed by atoms with Crippen LogP contribution in [0.5, 0.6) is 0 Å². The number of hydrogen-bond acceptors (Lipinski definition) is 5. The first-order valence-electron chi connectivity index (χ1n) is 4.81. The molecule has 0 fully saturated rings. The maximum atomic E-state index is 5.38. The lowest BCUT2D eigenvalue weighted by molar-refractivity contribution is 0.440. The highest BCUT2D eigenvalue weighted by Gasteiger charge is 2.18. The third-order valence-corrected chi connectivity index (χ3v) is 2.51. The van der Waals surface area contributed by atoms with Gasteiger partial charge in [0.1, 0.15) is 0 Å². The van der Waals surface area contributed by atoms with Gasteiger partial charge in [0.15, 0.2) is 0 Å². The number of nitrogens with two attached hydrogens (primary N) is 1. The average Bonchev–Trinajstić information content (AvgIpc) is 2.63. The summed E-state index contributed by atoms with van der Waals surface area (Å²) >= 11 is 0. The Bertz CT molecular complexity index is 284. The van der Waals surface area contributed by atoms with Crippen LogP contribution in [0.25, 0.3) is 0 Å². The number of rotatable bonds is 4. The second-order valence-electron chi connectivity index (χ2n) is 3.78. The molecule has 0 aromatic carbocycles. The van der Waals surface area contributed by atoms with Gasteiger partial charge in [0.05, 0.1) is 6.54 Å². The fourth-order valence-corrected chi connectivity index (χ4v) is 1.09. The van der Waals surface area contributed by atoms with E-state index in [2.05, 4.69) is 31.0 Å². The molecule has 80 valence electrons. The van der Waals surface area contributed by atoms with Gasteiger partial charge in [-0.3, -0.25) is 0 Å². The van der Waals surface area contributed by atoms with Crippen LogP contribution in [0.2, 0.25) is 0 Å². The van der Waals surface area contributed by atoms with Gasteiger partial charge in [-0.2, -0.15) is 0 Å². The van der Waals surface area contributed by atoms with Crippen molar-refractivity contribution in [3.63, 3.8) is 0 Å². The van der Waals surface area contributed by atoms with E-state index in [1.165, 1.54) is 0 Å². The highest BCUT2D eigenvalue weighted by atomic mass is 16.4. The van der Waals surface area contributed by atoms with Crippen LogP contribution >= 0.6 is 0 Å². The molecule has 0 radical (unpaired) electrons. The zero-order valence-electron chi connectivity index (χ0n) is 9.19. The number of aromatic nitrogens is 2. The van der Waals surface area contributed by atoms with Crippen LogP contribution in [0.15, 0.2) is 4.42 Å². The minimum Gasteiger partial charge on any atom is -0.407 e. The molecule has 1 aromatic heterocycles. The Kier molecular flexibility index (Phi) is 3.46. The lowest BCUT2D eigenvalue weighted by Gasteiger charge is -2.25. The third-order valence-electron chi connectivity index (χ3n) is 2.51. The van der Waals surface area contributed by atoms with E-state index in [0.29, 0.717) is 23.9 Å². The monoisotopic (exact) mass is 198 g/mol. The number of nitrogens with zero attached hydrogens (tertiary/aromatic N) is 3. The molecule has 5 nitrogen and oxygen atoms in total. The van der Waals surface area contributed by atoms with Gasteiger partial charge in [0.2, 0.25) is 5.89 Å². The van der Waals surface area contributed by atoms with Gasteiger partial charge in [-0.15, -0.1) is 5.10 Å². The molecule has 0 aliphatic carbocycles. The second-order valence-corrected chi connectivity index (χ2v) is 3.78. The first-order chi connectivity index (χ1) is 6.56. The smallest absolute Gasteiger partial charge is 0.318 e. The number of hydrogen-bond donors (Lipinski definition) is 1.